The molecule has 3 N–H and O–H groups in total. The summed E-state index contributed by atoms with van der Waals surface area (Å²) in [5.41, 5.74) is -0.0918. The molecule has 0 bridgehead atoms. The van der Waals surface area contributed by atoms with Crippen molar-refractivity contribution in [2.24, 2.45) is 0 Å². The van der Waals surface area contributed by atoms with Gasteiger partial charge in [-0.15, -0.1) is 11.3 Å². The Hall–Kier alpha value is -2.01. The van der Waals surface area contributed by atoms with Crippen molar-refractivity contribution >= 4 is 32.6 Å². The van der Waals surface area contributed by atoms with Gasteiger partial charge in [-0.2, -0.15) is 8.42 Å². The van der Waals surface area contributed by atoms with Gasteiger partial charge >= 0.3 is 5.97 Å². The van der Waals surface area contributed by atoms with E-state index >= 15 is 0 Å². The molecule has 2 rings (SSSR count). The highest BCUT2D eigenvalue weighted by Crippen LogP contribution is 2.17. The van der Waals surface area contributed by atoms with E-state index in [4.69, 9.17) is 4.74 Å². The van der Waals surface area contributed by atoms with Gasteiger partial charge in [0.2, 0.25) is 5.50 Å². The van der Waals surface area contributed by atoms with Crippen molar-refractivity contribution in [3.8, 4) is 0 Å². The number of hydrogen-bond acceptors (Lipinski definition) is 8. The van der Waals surface area contributed by atoms with E-state index in [9.17, 15) is 17.8 Å². The van der Waals surface area contributed by atoms with Gasteiger partial charge in [0.05, 0.1) is 12.8 Å². The van der Waals surface area contributed by atoms with Gasteiger partial charge in [-0.1, -0.05) is 30.3 Å². The first-order valence-corrected chi connectivity index (χ1v) is 9.70. The van der Waals surface area contributed by atoms with Gasteiger partial charge < -0.3 is 10.1 Å². The Kier molecular flexibility index (Phi) is 6.48. The molecule has 1 aromatic heterocycles. The predicted molar refractivity (Wildman–Crippen MR) is 94.9 cm³/mol. The third-order valence-corrected chi connectivity index (χ3v) is 5.03. The summed E-state index contributed by atoms with van der Waals surface area (Å²) in [6.07, 6.45) is 0.193. The quantitative estimate of drug-likeness (QED) is 0.355. The van der Waals surface area contributed by atoms with Crippen LogP contribution in [-0.4, -0.2) is 42.6 Å². The zero-order valence-corrected chi connectivity index (χ0v) is 15.3. The molecule has 0 saturated carbocycles. The number of esters is 1. The highest BCUT2D eigenvalue weighted by atomic mass is 32.2. The minimum Gasteiger partial charge on any atom is -0.468 e. The lowest BCUT2D eigenvalue weighted by molar-refractivity contribution is -0.143. The Morgan fingerprint density at radius 2 is 2.04 bits per heavy atom. The first kappa shape index (κ1) is 19.3. The molecule has 2 unspecified atom stereocenters. The highest BCUT2D eigenvalue weighted by molar-refractivity contribution is 7.86. The van der Waals surface area contributed by atoms with E-state index in [0.29, 0.717) is 10.8 Å². The molecule has 10 heteroatoms. The molecular weight excluding hydrogens is 366 g/mol. The number of ether oxygens (including phenoxy) is 1. The number of rotatable bonds is 8. The summed E-state index contributed by atoms with van der Waals surface area (Å²) in [5.74, 6) is -0.644. The first-order chi connectivity index (χ1) is 11.8. The molecule has 0 spiro atoms. The second-order valence-corrected chi connectivity index (χ2v) is 7.62. The number of anilines is 1. The summed E-state index contributed by atoms with van der Waals surface area (Å²) in [5, 5.41) is 7.21. The molecule has 0 aliphatic rings. The van der Waals surface area contributed by atoms with Crippen LogP contribution in [0.3, 0.4) is 0 Å². The zero-order chi connectivity index (χ0) is 18.4. The van der Waals surface area contributed by atoms with Crippen molar-refractivity contribution in [2.45, 2.75) is 24.9 Å². The van der Waals surface area contributed by atoms with Crippen LogP contribution in [0.15, 0.2) is 35.7 Å². The second-order valence-electron chi connectivity index (χ2n) is 5.27. The normalized spacial score (nSPS) is 13.9. The van der Waals surface area contributed by atoms with Crippen LogP contribution in [0.5, 0.6) is 0 Å². The highest BCUT2D eigenvalue weighted by Gasteiger charge is 2.30. The SMILES string of the molecule is COC(=O)C(Cc1ccccc1)NC(Nc1nc(C)cs1)S(=O)(=O)O. The molecule has 2 aromatic rings. The maximum atomic E-state index is 12.0. The number of methoxy groups -OCH3 is 1. The van der Waals surface area contributed by atoms with Gasteiger partial charge in [-0.3, -0.25) is 14.7 Å². The number of carbonyl (C=O) groups is 1. The Morgan fingerprint density at radius 3 is 2.56 bits per heavy atom. The Labute approximate surface area is 150 Å². The van der Waals surface area contributed by atoms with Crippen LogP contribution in [0.1, 0.15) is 11.3 Å². The molecule has 1 aromatic carbocycles. The largest absolute Gasteiger partial charge is 0.468 e. The van der Waals surface area contributed by atoms with Crippen molar-refractivity contribution in [1.82, 2.24) is 10.3 Å². The molecule has 0 aliphatic carbocycles. The van der Waals surface area contributed by atoms with Crippen LogP contribution in [0.4, 0.5) is 5.13 Å². The number of aryl methyl sites for hydroxylation is 1. The van der Waals surface area contributed by atoms with Crippen LogP contribution in [0.2, 0.25) is 0 Å². The Morgan fingerprint density at radius 1 is 1.36 bits per heavy atom. The number of aromatic nitrogens is 1. The maximum absolute atomic E-state index is 12.0. The number of thiazole rings is 1. The number of carbonyl (C=O) groups excluding carboxylic acids is 1. The topological polar surface area (TPSA) is 118 Å². The Bertz CT molecular complexity index is 808. The lowest BCUT2D eigenvalue weighted by Gasteiger charge is -2.23. The molecule has 0 radical (unpaired) electrons. The molecular formula is C15H19N3O5S2. The van der Waals surface area contributed by atoms with Crippen molar-refractivity contribution in [3.63, 3.8) is 0 Å². The van der Waals surface area contributed by atoms with Gasteiger partial charge in [0.1, 0.15) is 6.04 Å². The first-order valence-electron chi connectivity index (χ1n) is 7.32. The minimum absolute atomic E-state index is 0.193. The van der Waals surface area contributed by atoms with Crippen LogP contribution in [0.25, 0.3) is 0 Å². The fraction of sp³-hybridized carbons (Fsp3) is 0.333. The molecule has 2 atom stereocenters. The maximum Gasteiger partial charge on any atom is 0.323 e. The van der Waals surface area contributed by atoms with E-state index in [1.807, 2.05) is 6.07 Å². The Balaban J connectivity index is 2.20. The van der Waals surface area contributed by atoms with Crippen molar-refractivity contribution in [3.05, 3.63) is 47.0 Å². The molecule has 0 fully saturated rings. The fourth-order valence-electron chi connectivity index (χ4n) is 2.12. The third-order valence-electron chi connectivity index (χ3n) is 3.29. The van der Waals surface area contributed by atoms with Crippen LogP contribution < -0.4 is 10.6 Å². The van der Waals surface area contributed by atoms with Gasteiger partial charge in [-0.05, 0) is 18.9 Å². The van der Waals surface area contributed by atoms with E-state index < -0.39 is 27.6 Å². The average molecular weight is 385 g/mol. The summed E-state index contributed by atoms with van der Waals surface area (Å²) in [6, 6.07) is 8.07. The van der Waals surface area contributed by atoms with E-state index in [1.54, 1.807) is 36.6 Å². The smallest absolute Gasteiger partial charge is 0.323 e. The molecule has 8 nitrogen and oxygen atoms in total. The number of benzene rings is 1. The van der Waals surface area contributed by atoms with E-state index in [-0.39, 0.29) is 6.42 Å². The molecule has 25 heavy (non-hydrogen) atoms. The van der Waals surface area contributed by atoms with Gasteiger partial charge in [0.25, 0.3) is 10.1 Å². The van der Waals surface area contributed by atoms with Gasteiger partial charge in [-0.25, -0.2) is 4.98 Å². The minimum atomic E-state index is -4.55. The molecule has 0 saturated heterocycles. The fourth-order valence-corrected chi connectivity index (χ4v) is 3.51. The van der Waals surface area contributed by atoms with Crippen molar-refractivity contribution < 1.29 is 22.5 Å². The average Bonchev–Trinajstić information content (AvgIpc) is 2.98. The van der Waals surface area contributed by atoms with Crippen LogP contribution >= 0.6 is 11.3 Å². The lowest BCUT2D eigenvalue weighted by atomic mass is 10.1. The zero-order valence-electron chi connectivity index (χ0n) is 13.7. The summed E-state index contributed by atoms with van der Waals surface area (Å²) in [7, 11) is -3.34. The monoisotopic (exact) mass is 385 g/mol. The third kappa shape index (κ3) is 5.78. The van der Waals surface area contributed by atoms with E-state index in [2.05, 4.69) is 15.6 Å². The number of nitrogens with zero attached hydrogens (tertiary/aromatic N) is 1. The summed E-state index contributed by atoms with van der Waals surface area (Å²) in [6.45, 7) is 1.75. The summed E-state index contributed by atoms with van der Waals surface area (Å²) >= 11 is 1.19. The number of hydrogen-bond donors (Lipinski definition) is 3. The lowest BCUT2D eigenvalue weighted by Crippen LogP contribution is -2.52. The van der Waals surface area contributed by atoms with Crippen molar-refractivity contribution in [2.75, 3.05) is 12.4 Å². The summed E-state index contributed by atoms with van der Waals surface area (Å²) < 4.78 is 37.6. The molecule has 1 heterocycles. The predicted octanol–water partition coefficient (Wildman–Crippen LogP) is 1.41. The molecule has 136 valence electrons. The van der Waals surface area contributed by atoms with Crippen LogP contribution in [-0.2, 0) is 26.1 Å². The van der Waals surface area contributed by atoms with E-state index in [1.165, 1.54) is 18.4 Å². The second kappa shape index (κ2) is 8.39. The molecule has 0 aliphatic heterocycles. The van der Waals surface area contributed by atoms with Crippen LogP contribution in [0, 0.1) is 6.92 Å². The summed E-state index contributed by atoms with van der Waals surface area (Å²) in [4.78, 5) is 16.1. The van der Waals surface area contributed by atoms with Crippen molar-refractivity contribution in [1.29, 1.82) is 0 Å². The molecule has 0 amide bonds. The standard InChI is InChI=1S/C15H19N3O5S2/c1-10-9-24-14(16-10)18-15(25(20,21)22)17-12(13(19)23-2)8-11-6-4-3-5-7-11/h3-7,9,12,15,17H,8H2,1-2H3,(H,16,18)(H,20,21,22). The van der Waals surface area contributed by atoms with Gasteiger partial charge in [0.15, 0.2) is 5.13 Å². The van der Waals surface area contributed by atoms with E-state index in [0.717, 1.165) is 5.56 Å². The number of nitrogens with one attached hydrogen (secondary N) is 2. The van der Waals surface area contributed by atoms with Gasteiger partial charge in [0, 0.05) is 5.38 Å².